The highest BCUT2D eigenvalue weighted by atomic mass is 79.9. The van der Waals surface area contributed by atoms with Gasteiger partial charge in [0.15, 0.2) is 0 Å². The maximum absolute atomic E-state index is 3.42. The zero-order chi connectivity index (χ0) is 8.81. The van der Waals surface area contributed by atoms with E-state index >= 15 is 0 Å². The summed E-state index contributed by atoms with van der Waals surface area (Å²) in [6.07, 6.45) is 0. The normalized spacial score (nSPS) is 10.2. The third-order valence-corrected chi connectivity index (χ3v) is 2.33. The van der Waals surface area contributed by atoms with Gasteiger partial charge >= 0.3 is 0 Å². The van der Waals surface area contributed by atoms with Crippen LogP contribution in [0.3, 0.4) is 0 Å². The Bertz CT molecular complexity index is 242. The second-order valence-corrected chi connectivity index (χ2v) is 4.07. The van der Waals surface area contributed by atoms with Crippen molar-refractivity contribution in [1.82, 2.24) is 9.44 Å². The van der Waals surface area contributed by atoms with Gasteiger partial charge in [0, 0.05) is 23.2 Å². The molecule has 0 saturated heterocycles. The van der Waals surface area contributed by atoms with Crippen LogP contribution in [-0.4, -0.2) is 7.05 Å². The average Bonchev–Trinajstić information content (AvgIpc) is 2.05. The van der Waals surface area contributed by atoms with E-state index in [2.05, 4.69) is 37.5 Å². The minimum absolute atomic E-state index is 0.866. The molecule has 0 aromatic heterocycles. The van der Waals surface area contributed by atoms with Crippen molar-refractivity contribution in [1.29, 1.82) is 0 Å². The van der Waals surface area contributed by atoms with Gasteiger partial charge in [-0.3, -0.25) is 4.72 Å². The van der Waals surface area contributed by atoms with Gasteiger partial charge < -0.3 is 0 Å². The molecule has 0 unspecified atom stereocenters. The minimum atomic E-state index is 0.866. The summed E-state index contributed by atoms with van der Waals surface area (Å²) in [6, 6.07) is 8.25. The van der Waals surface area contributed by atoms with E-state index in [1.165, 1.54) is 17.7 Å². The third kappa shape index (κ3) is 3.58. The summed E-state index contributed by atoms with van der Waals surface area (Å²) in [6.45, 7) is 0.866. The number of rotatable bonds is 4. The van der Waals surface area contributed by atoms with E-state index in [-0.39, 0.29) is 0 Å². The van der Waals surface area contributed by atoms with Crippen LogP contribution in [0, 0.1) is 0 Å². The molecule has 0 aliphatic rings. The van der Waals surface area contributed by atoms with Crippen LogP contribution in [-0.2, 0) is 6.54 Å². The zero-order valence-electron chi connectivity index (χ0n) is 6.80. The van der Waals surface area contributed by atoms with E-state index < -0.39 is 0 Å². The Balaban J connectivity index is 2.41. The smallest absolute Gasteiger partial charge is 0.0322 e. The topological polar surface area (TPSA) is 24.1 Å². The molecule has 0 radical (unpaired) electrons. The van der Waals surface area contributed by atoms with Crippen molar-refractivity contribution in [3.05, 3.63) is 34.3 Å². The van der Waals surface area contributed by atoms with Crippen LogP contribution in [0.5, 0.6) is 0 Å². The van der Waals surface area contributed by atoms with Crippen molar-refractivity contribution in [2.45, 2.75) is 6.54 Å². The molecule has 66 valence electrons. The molecule has 1 rings (SSSR count). The molecular formula is C8H11BrN2S. The Morgan fingerprint density at radius 2 is 2.33 bits per heavy atom. The molecule has 1 aromatic carbocycles. The molecule has 2 N–H and O–H groups in total. The molecule has 4 heteroatoms. The fraction of sp³-hybridized carbons (Fsp3) is 0.250. The van der Waals surface area contributed by atoms with Crippen LogP contribution in [0.25, 0.3) is 0 Å². The summed E-state index contributed by atoms with van der Waals surface area (Å²) >= 11 is 4.91. The van der Waals surface area contributed by atoms with Crippen molar-refractivity contribution < 1.29 is 0 Å². The lowest BCUT2D eigenvalue weighted by atomic mass is 10.2. The highest BCUT2D eigenvalue weighted by Gasteiger charge is 1.92. The Kier molecular flexibility index (Phi) is 4.68. The van der Waals surface area contributed by atoms with Gasteiger partial charge in [-0.2, -0.15) is 0 Å². The van der Waals surface area contributed by atoms with Crippen molar-refractivity contribution in [2.24, 2.45) is 0 Å². The Hall–Kier alpha value is -0.0300. The molecule has 0 aliphatic heterocycles. The van der Waals surface area contributed by atoms with Crippen LogP contribution >= 0.6 is 28.1 Å². The molecule has 0 aliphatic carbocycles. The molecule has 0 bridgehead atoms. The standard InChI is InChI=1S/C8H11BrN2S/c1-10-12-11-6-7-3-2-4-8(9)5-7/h2-5,10-11H,6H2,1H3. The predicted molar refractivity (Wildman–Crippen MR) is 57.6 cm³/mol. The predicted octanol–water partition coefficient (Wildman–Crippen LogP) is 2.32. The van der Waals surface area contributed by atoms with Crippen LogP contribution in [0.1, 0.15) is 5.56 Å². The summed E-state index contributed by atoms with van der Waals surface area (Å²) in [5.41, 5.74) is 1.27. The molecule has 0 saturated carbocycles. The summed E-state index contributed by atoms with van der Waals surface area (Å²) in [5, 5.41) is 0. The molecular weight excluding hydrogens is 236 g/mol. The number of benzene rings is 1. The first-order valence-electron chi connectivity index (χ1n) is 3.63. The molecule has 12 heavy (non-hydrogen) atoms. The van der Waals surface area contributed by atoms with Crippen molar-refractivity contribution in [2.75, 3.05) is 7.05 Å². The van der Waals surface area contributed by atoms with Crippen LogP contribution in [0.15, 0.2) is 28.7 Å². The summed E-state index contributed by atoms with van der Waals surface area (Å²) in [4.78, 5) is 0. The lowest BCUT2D eigenvalue weighted by Crippen LogP contribution is -2.09. The highest BCUT2D eigenvalue weighted by molar-refractivity contribution is 9.10. The van der Waals surface area contributed by atoms with Crippen molar-refractivity contribution in [3.8, 4) is 0 Å². The second-order valence-electron chi connectivity index (χ2n) is 2.26. The Morgan fingerprint density at radius 1 is 1.50 bits per heavy atom. The fourth-order valence-corrected chi connectivity index (χ4v) is 1.67. The zero-order valence-corrected chi connectivity index (χ0v) is 9.21. The number of halogens is 1. The Labute approximate surface area is 85.5 Å². The Morgan fingerprint density at radius 3 is 3.00 bits per heavy atom. The van der Waals surface area contributed by atoms with Gasteiger partial charge in [-0.15, -0.1) is 0 Å². The molecule has 0 heterocycles. The largest absolute Gasteiger partial charge is 0.254 e. The van der Waals surface area contributed by atoms with Gasteiger partial charge in [0.05, 0.1) is 0 Å². The number of hydrogen-bond acceptors (Lipinski definition) is 3. The molecule has 0 amide bonds. The van der Waals surface area contributed by atoms with E-state index in [9.17, 15) is 0 Å². The molecule has 1 aromatic rings. The summed E-state index contributed by atoms with van der Waals surface area (Å²) in [5.74, 6) is 0. The van der Waals surface area contributed by atoms with Gasteiger partial charge in [0.25, 0.3) is 0 Å². The average molecular weight is 247 g/mol. The van der Waals surface area contributed by atoms with Gasteiger partial charge in [0.1, 0.15) is 0 Å². The first-order valence-corrected chi connectivity index (χ1v) is 5.24. The SMILES string of the molecule is CNSNCc1cccc(Br)c1. The minimum Gasteiger partial charge on any atom is -0.254 e. The lowest BCUT2D eigenvalue weighted by Gasteiger charge is -2.02. The summed E-state index contributed by atoms with van der Waals surface area (Å²) in [7, 11) is 1.89. The molecule has 2 nitrogen and oxygen atoms in total. The molecule has 0 fully saturated rings. The van der Waals surface area contributed by atoms with E-state index in [0.29, 0.717) is 0 Å². The first kappa shape index (κ1) is 10.1. The maximum atomic E-state index is 3.42. The molecule has 0 atom stereocenters. The van der Waals surface area contributed by atoms with Crippen LogP contribution in [0.2, 0.25) is 0 Å². The van der Waals surface area contributed by atoms with Gasteiger partial charge in [-0.25, -0.2) is 4.72 Å². The van der Waals surface area contributed by atoms with Crippen molar-refractivity contribution >= 4 is 28.1 Å². The molecule has 0 spiro atoms. The van der Waals surface area contributed by atoms with E-state index in [1.807, 2.05) is 19.2 Å². The van der Waals surface area contributed by atoms with Gasteiger partial charge in [0.2, 0.25) is 0 Å². The van der Waals surface area contributed by atoms with E-state index in [1.54, 1.807) is 0 Å². The quantitative estimate of drug-likeness (QED) is 0.630. The number of nitrogens with one attached hydrogen (secondary N) is 2. The van der Waals surface area contributed by atoms with Crippen molar-refractivity contribution in [3.63, 3.8) is 0 Å². The first-order chi connectivity index (χ1) is 5.83. The maximum Gasteiger partial charge on any atom is 0.0322 e. The number of hydrogen-bond donors (Lipinski definition) is 2. The van der Waals surface area contributed by atoms with E-state index in [4.69, 9.17) is 0 Å². The summed E-state index contributed by atoms with van der Waals surface area (Å²) < 4.78 is 7.23. The third-order valence-electron chi connectivity index (χ3n) is 1.34. The lowest BCUT2D eigenvalue weighted by molar-refractivity contribution is 0.966. The fourth-order valence-electron chi connectivity index (χ4n) is 0.839. The van der Waals surface area contributed by atoms with E-state index in [0.717, 1.165) is 11.0 Å². The highest BCUT2D eigenvalue weighted by Crippen LogP contribution is 2.11. The monoisotopic (exact) mass is 246 g/mol. The van der Waals surface area contributed by atoms with Crippen LogP contribution in [0.4, 0.5) is 0 Å². The second kappa shape index (κ2) is 5.59. The van der Waals surface area contributed by atoms with Gasteiger partial charge in [-0.1, -0.05) is 28.1 Å². The van der Waals surface area contributed by atoms with Crippen LogP contribution < -0.4 is 9.44 Å². The van der Waals surface area contributed by atoms with Gasteiger partial charge in [-0.05, 0) is 24.7 Å².